The Kier molecular flexibility index (Phi) is 8.37. The van der Waals surface area contributed by atoms with Gasteiger partial charge in [0, 0.05) is 26.3 Å². The van der Waals surface area contributed by atoms with Crippen molar-refractivity contribution in [1.29, 1.82) is 0 Å². The zero-order valence-corrected chi connectivity index (χ0v) is 16.3. The molecule has 0 aliphatic heterocycles. The van der Waals surface area contributed by atoms with Crippen molar-refractivity contribution in [2.75, 3.05) is 7.11 Å². The van der Waals surface area contributed by atoms with Gasteiger partial charge in [-0.2, -0.15) is 5.10 Å². The molecule has 0 saturated heterocycles. The zero-order valence-electron chi connectivity index (χ0n) is 16.3. The number of hydrogen-bond acceptors (Lipinski definition) is 6. The van der Waals surface area contributed by atoms with E-state index in [1.165, 1.54) is 20.2 Å². The Bertz CT molecular complexity index is 881. The van der Waals surface area contributed by atoms with Crippen molar-refractivity contribution >= 4 is 24.0 Å². The fraction of sp³-hybridized carbons (Fsp3) is 0.238. The molecule has 0 aliphatic rings. The molecule has 0 saturated carbocycles. The quantitative estimate of drug-likeness (QED) is 0.292. The highest BCUT2D eigenvalue weighted by Crippen LogP contribution is 2.27. The number of nitrogens with one attached hydrogen (secondary N) is 2. The number of carbonyl (C=O) groups is 3. The van der Waals surface area contributed by atoms with Crippen molar-refractivity contribution in [2.45, 2.75) is 26.3 Å². The molecule has 2 aromatic rings. The molecule has 2 rings (SSSR count). The van der Waals surface area contributed by atoms with Gasteiger partial charge in [0.25, 0.3) is 0 Å². The van der Waals surface area contributed by atoms with Crippen molar-refractivity contribution in [3.63, 3.8) is 0 Å². The van der Waals surface area contributed by atoms with E-state index < -0.39 is 5.97 Å². The Labute approximate surface area is 168 Å². The Balaban J connectivity index is 1.76. The summed E-state index contributed by atoms with van der Waals surface area (Å²) in [5, 5.41) is 6.62. The Morgan fingerprint density at radius 3 is 2.41 bits per heavy atom. The molecule has 2 amide bonds. The molecule has 0 bridgehead atoms. The zero-order chi connectivity index (χ0) is 21.1. The summed E-state index contributed by atoms with van der Waals surface area (Å²) < 4.78 is 10.2. The number of ether oxygens (including phenoxy) is 2. The molecule has 8 heteroatoms. The average molecular weight is 397 g/mol. The van der Waals surface area contributed by atoms with Gasteiger partial charge in [0.2, 0.25) is 11.8 Å². The predicted molar refractivity (Wildman–Crippen MR) is 108 cm³/mol. The lowest BCUT2D eigenvalue weighted by Gasteiger charge is -2.08. The Morgan fingerprint density at radius 2 is 1.72 bits per heavy atom. The van der Waals surface area contributed by atoms with E-state index >= 15 is 0 Å². The number of carbonyl (C=O) groups excluding carboxylic acids is 3. The van der Waals surface area contributed by atoms with Gasteiger partial charge in [-0.3, -0.25) is 14.4 Å². The third kappa shape index (κ3) is 7.84. The summed E-state index contributed by atoms with van der Waals surface area (Å²) >= 11 is 0. The molecule has 152 valence electrons. The smallest absolute Gasteiger partial charge is 0.308 e. The average Bonchev–Trinajstić information content (AvgIpc) is 2.72. The third-order valence-electron chi connectivity index (χ3n) is 3.76. The summed E-state index contributed by atoms with van der Waals surface area (Å²) in [6.45, 7) is 1.72. The molecule has 0 aromatic heterocycles. The van der Waals surface area contributed by atoms with Gasteiger partial charge in [-0.05, 0) is 29.3 Å². The van der Waals surface area contributed by atoms with Gasteiger partial charge in [0.05, 0.1) is 13.3 Å². The molecular formula is C21H23N3O5. The molecule has 0 atom stereocenters. The van der Waals surface area contributed by atoms with E-state index in [9.17, 15) is 14.4 Å². The van der Waals surface area contributed by atoms with Gasteiger partial charge < -0.3 is 14.8 Å². The maximum Gasteiger partial charge on any atom is 0.308 e. The van der Waals surface area contributed by atoms with Crippen LogP contribution in [0, 0.1) is 0 Å². The van der Waals surface area contributed by atoms with Crippen LogP contribution in [0.1, 0.15) is 30.9 Å². The first kappa shape index (κ1) is 21.6. The van der Waals surface area contributed by atoms with Crippen LogP contribution in [0.25, 0.3) is 0 Å². The van der Waals surface area contributed by atoms with Crippen LogP contribution in [0.5, 0.6) is 11.5 Å². The molecule has 0 unspecified atom stereocenters. The number of nitrogens with zero attached hydrogens (tertiary/aromatic N) is 1. The van der Waals surface area contributed by atoms with Gasteiger partial charge in [0.1, 0.15) is 0 Å². The van der Waals surface area contributed by atoms with E-state index in [0.717, 1.165) is 5.56 Å². The molecular weight excluding hydrogens is 374 g/mol. The lowest BCUT2D eigenvalue weighted by atomic mass is 10.2. The van der Waals surface area contributed by atoms with Gasteiger partial charge in [-0.15, -0.1) is 0 Å². The minimum absolute atomic E-state index is 0.0205. The SMILES string of the molecule is COc1cc(C=NNC(=O)CCC(=O)NCc2ccccc2)ccc1OC(C)=O. The number of benzene rings is 2. The highest BCUT2D eigenvalue weighted by atomic mass is 16.6. The van der Waals surface area contributed by atoms with Gasteiger partial charge >= 0.3 is 5.97 Å². The normalized spacial score (nSPS) is 10.4. The van der Waals surface area contributed by atoms with Gasteiger partial charge in [0.15, 0.2) is 11.5 Å². The first-order valence-corrected chi connectivity index (χ1v) is 8.97. The van der Waals surface area contributed by atoms with E-state index in [1.54, 1.807) is 18.2 Å². The first-order chi connectivity index (χ1) is 14.0. The summed E-state index contributed by atoms with van der Waals surface area (Å²) in [6.07, 6.45) is 1.51. The second kappa shape index (κ2) is 11.2. The molecule has 0 fully saturated rings. The van der Waals surface area contributed by atoms with E-state index in [0.29, 0.717) is 23.6 Å². The van der Waals surface area contributed by atoms with Crippen molar-refractivity contribution in [3.8, 4) is 11.5 Å². The van der Waals surface area contributed by atoms with Crippen LogP contribution >= 0.6 is 0 Å². The van der Waals surface area contributed by atoms with Crippen LogP contribution in [0.3, 0.4) is 0 Å². The van der Waals surface area contributed by atoms with Gasteiger partial charge in [-0.25, -0.2) is 5.43 Å². The van der Waals surface area contributed by atoms with Crippen molar-refractivity contribution in [3.05, 3.63) is 59.7 Å². The van der Waals surface area contributed by atoms with E-state index in [4.69, 9.17) is 9.47 Å². The van der Waals surface area contributed by atoms with Crippen LogP contribution < -0.4 is 20.2 Å². The van der Waals surface area contributed by atoms with Crippen molar-refractivity contribution in [1.82, 2.24) is 10.7 Å². The lowest BCUT2D eigenvalue weighted by Crippen LogP contribution is -2.25. The number of hydrazone groups is 1. The summed E-state index contributed by atoms with van der Waals surface area (Å²) in [4.78, 5) is 34.7. The van der Waals surface area contributed by atoms with E-state index in [-0.39, 0.29) is 24.7 Å². The monoisotopic (exact) mass is 397 g/mol. The highest BCUT2D eigenvalue weighted by molar-refractivity contribution is 5.86. The Hall–Kier alpha value is -3.68. The molecule has 8 nitrogen and oxygen atoms in total. The largest absolute Gasteiger partial charge is 0.493 e. The third-order valence-corrected chi connectivity index (χ3v) is 3.76. The highest BCUT2D eigenvalue weighted by Gasteiger charge is 2.08. The molecule has 2 aromatic carbocycles. The number of amides is 2. The fourth-order valence-corrected chi connectivity index (χ4v) is 2.35. The van der Waals surface area contributed by atoms with Crippen LogP contribution in [-0.4, -0.2) is 31.1 Å². The van der Waals surface area contributed by atoms with E-state index in [1.807, 2.05) is 30.3 Å². The summed E-state index contributed by atoms with van der Waals surface area (Å²) in [5.41, 5.74) is 4.00. The minimum Gasteiger partial charge on any atom is -0.493 e. The minimum atomic E-state index is -0.454. The molecule has 29 heavy (non-hydrogen) atoms. The summed E-state index contributed by atoms with van der Waals surface area (Å²) in [7, 11) is 1.45. The predicted octanol–water partition coefficient (Wildman–Crippen LogP) is 2.17. The van der Waals surface area contributed by atoms with Gasteiger partial charge in [-0.1, -0.05) is 30.3 Å². The summed E-state index contributed by atoms with van der Waals surface area (Å²) in [5.74, 6) is -0.378. The number of esters is 1. The second-order valence-corrected chi connectivity index (χ2v) is 6.06. The van der Waals surface area contributed by atoms with Crippen LogP contribution in [0.15, 0.2) is 53.6 Å². The summed E-state index contributed by atoms with van der Waals surface area (Å²) in [6, 6.07) is 14.4. The molecule has 2 N–H and O–H groups in total. The topological polar surface area (TPSA) is 106 Å². The molecule has 0 aliphatic carbocycles. The lowest BCUT2D eigenvalue weighted by molar-refractivity contribution is -0.132. The number of rotatable bonds is 9. The second-order valence-electron chi connectivity index (χ2n) is 6.06. The maximum atomic E-state index is 11.8. The van der Waals surface area contributed by atoms with Crippen LogP contribution in [0.2, 0.25) is 0 Å². The van der Waals surface area contributed by atoms with Crippen molar-refractivity contribution in [2.24, 2.45) is 5.10 Å². The van der Waals surface area contributed by atoms with E-state index in [2.05, 4.69) is 15.8 Å². The maximum absolute atomic E-state index is 11.8. The van der Waals surface area contributed by atoms with Crippen LogP contribution in [-0.2, 0) is 20.9 Å². The molecule has 0 radical (unpaired) electrons. The molecule has 0 spiro atoms. The fourth-order valence-electron chi connectivity index (χ4n) is 2.35. The van der Waals surface area contributed by atoms with Crippen LogP contribution in [0.4, 0.5) is 0 Å². The number of methoxy groups -OCH3 is 1. The first-order valence-electron chi connectivity index (χ1n) is 8.97. The number of hydrogen-bond donors (Lipinski definition) is 2. The standard InChI is InChI=1S/C21H23N3O5/c1-15(25)29-18-9-8-17(12-19(18)28-2)14-23-24-21(27)11-10-20(26)22-13-16-6-4-3-5-7-16/h3-9,12,14H,10-11,13H2,1-2H3,(H,22,26)(H,24,27). The molecule has 0 heterocycles. The Morgan fingerprint density at radius 1 is 1.00 bits per heavy atom. The van der Waals surface area contributed by atoms with Crippen molar-refractivity contribution < 1.29 is 23.9 Å².